The maximum Gasteiger partial charge on any atom is 0.338 e. The molecule has 1 atom stereocenters. The fraction of sp³-hybridized carbons (Fsp3) is 0.100. The van der Waals surface area contributed by atoms with E-state index in [-0.39, 0.29) is 12.2 Å². The van der Waals surface area contributed by atoms with Crippen molar-refractivity contribution in [1.29, 1.82) is 0 Å². The number of allylic oxidation sites excluding steroid dienone is 1. The molecule has 178 valence electrons. The average Bonchev–Trinajstić information content (AvgIpc) is 3.24. The Morgan fingerprint density at radius 2 is 1.61 bits per heavy atom. The lowest BCUT2D eigenvalue weighted by molar-refractivity contribution is -0.138. The van der Waals surface area contributed by atoms with Gasteiger partial charge in [-0.1, -0.05) is 114 Å². The molecule has 0 unspecified atom stereocenters. The number of ether oxygens (including phenoxy) is 1. The van der Waals surface area contributed by atoms with Crippen LogP contribution in [0.25, 0.3) is 17.8 Å². The molecule has 0 amide bonds. The van der Waals surface area contributed by atoms with Crippen LogP contribution in [0.4, 0.5) is 0 Å². The Morgan fingerprint density at radius 1 is 0.972 bits per heavy atom. The molecule has 0 spiro atoms. The van der Waals surface area contributed by atoms with Crippen LogP contribution in [0.15, 0.2) is 112 Å². The number of hydrogen-bond acceptors (Lipinski definition) is 5. The average molecular weight is 493 g/mol. The van der Waals surface area contributed by atoms with Gasteiger partial charge >= 0.3 is 5.97 Å². The zero-order valence-electron chi connectivity index (χ0n) is 19.7. The summed E-state index contributed by atoms with van der Waals surface area (Å²) in [5.41, 5.74) is 3.34. The normalized spacial score (nSPS) is 15.6. The van der Waals surface area contributed by atoms with Crippen molar-refractivity contribution in [3.8, 4) is 0 Å². The lowest BCUT2D eigenvalue weighted by atomic mass is 9.93. The monoisotopic (exact) mass is 492 g/mol. The van der Waals surface area contributed by atoms with Gasteiger partial charge in [0, 0.05) is 5.56 Å². The van der Waals surface area contributed by atoms with Crippen LogP contribution in [0.2, 0.25) is 0 Å². The Bertz CT molecular complexity index is 1620. The minimum absolute atomic E-state index is 0.195. The van der Waals surface area contributed by atoms with Crippen LogP contribution in [0.5, 0.6) is 0 Å². The van der Waals surface area contributed by atoms with Crippen molar-refractivity contribution in [3.05, 3.63) is 139 Å². The number of thiazole rings is 1. The molecule has 1 aromatic heterocycles. The predicted molar refractivity (Wildman–Crippen MR) is 144 cm³/mol. The fourth-order valence-electron chi connectivity index (χ4n) is 4.22. The smallest absolute Gasteiger partial charge is 0.338 e. The molecule has 1 aliphatic heterocycles. The maximum atomic E-state index is 13.7. The predicted octanol–water partition coefficient (Wildman–Crippen LogP) is 4.60. The summed E-state index contributed by atoms with van der Waals surface area (Å²) in [7, 11) is 0. The van der Waals surface area contributed by atoms with Gasteiger partial charge in [0.05, 0.1) is 28.5 Å². The van der Waals surface area contributed by atoms with Crippen molar-refractivity contribution in [2.45, 2.75) is 13.0 Å². The van der Waals surface area contributed by atoms with E-state index in [4.69, 9.17) is 9.73 Å². The van der Waals surface area contributed by atoms with Crippen LogP contribution < -0.4 is 14.9 Å². The van der Waals surface area contributed by atoms with Crippen LogP contribution in [0, 0.1) is 0 Å². The van der Waals surface area contributed by atoms with Crippen LogP contribution in [0.3, 0.4) is 0 Å². The first-order chi connectivity index (χ1) is 17.7. The maximum absolute atomic E-state index is 13.7. The largest absolute Gasteiger partial charge is 0.463 e. The molecule has 0 N–H and O–H groups in total. The number of aromatic nitrogens is 1. The first kappa shape index (κ1) is 23.5. The molecule has 36 heavy (non-hydrogen) atoms. The molecular weight excluding hydrogens is 468 g/mol. The Morgan fingerprint density at radius 3 is 2.28 bits per heavy atom. The Kier molecular flexibility index (Phi) is 6.87. The Hall–Kier alpha value is -4.29. The minimum Gasteiger partial charge on any atom is -0.463 e. The van der Waals surface area contributed by atoms with Crippen molar-refractivity contribution in [3.63, 3.8) is 0 Å². The highest BCUT2D eigenvalue weighted by atomic mass is 32.1. The van der Waals surface area contributed by atoms with E-state index in [1.165, 1.54) is 11.3 Å². The van der Waals surface area contributed by atoms with Crippen LogP contribution in [-0.2, 0) is 9.53 Å². The molecule has 1 aliphatic rings. The molecule has 0 radical (unpaired) electrons. The van der Waals surface area contributed by atoms with Gasteiger partial charge in [-0.15, -0.1) is 0 Å². The number of carbonyl (C=O) groups excluding carboxylic acids is 1. The lowest BCUT2D eigenvalue weighted by Gasteiger charge is -2.25. The van der Waals surface area contributed by atoms with Crippen LogP contribution in [-0.4, -0.2) is 17.1 Å². The molecular formula is C30H24N2O3S. The zero-order valence-corrected chi connectivity index (χ0v) is 20.5. The molecule has 0 fully saturated rings. The van der Waals surface area contributed by atoms with E-state index in [1.807, 2.05) is 103 Å². The van der Waals surface area contributed by atoms with Gasteiger partial charge in [-0.2, -0.15) is 0 Å². The summed E-state index contributed by atoms with van der Waals surface area (Å²) in [5, 5.41) is 0. The van der Waals surface area contributed by atoms with Crippen LogP contribution >= 0.6 is 11.3 Å². The first-order valence-corrected chi connectivity index (χ1v) is 12.5. The fourth-order valence-corrected chi connectivity index (χ4v) is 5.17. The number of rotatable bonds is 6. The molecule has 5 rings (SSSR count). The van der Waals surface area contributed by atoms with Gasteiger partial charge in [0.15, 0.2) is 4.80 Å². The second kappa shape index (κ2) is 10.5. The van der Waals surface area contributed by atoms with E-state index in [2.05, 4.69) is 0 Å². The van der Waals surface area contributed by atoms with E-state index >= 15 is 0 Å². The number of benzene rings is 3. The van der Waals surface area contributed by atoms with Crippen molar-refractivity contribution in [2.24, 2.45) is 4.99 Å². The number of nitrogens with zero attached hydrogens (tertiary/aromatic N) is 2. The molecule has 0 aliphatic carbocycles. The van der Waals surface area contributed by atoms with Gasteiger partial charge in [-0.3, -0.25) is 9.36 Å². The summed E-state index contributed by atoms with van der Waals surface area (Å²) >= 11 is 1.31. The van der Waals surface area contributed by atoms with Crippen molar-refractivity contribution in [2.75, 3.05) is 6.61 Å². The molecule has 3 aromatic carbocycles. The molecule has 5 nitrogen and oxygen atoms in total. The topological polar surface area (TPSA) is 60.7 Å². The van der Waals surface area contributed by atoms with E-state index in [9.17, 15) is 9.59 Å². The van der Waals surface area contributed by atoms with E-state index in [0.717, 1.165) is 16.7 Å². The molecule has 0 saturated heterocycles. The number of esters is 1. The third-order valence-electron chi connectivity index (χ3n) is 5.82. The molecule has 0 bridgehead atoms. The van der Waals surface area contributed by atoms with Gasteiger partial charge in [0.25, 0.3) is 5.56 Å². The highest BCUT2D eigenvalue weighted by molar-refractivity contribution is 7.07. The summed E-state index contributed by atoms with van der Waals surface area (Å²) in [5.74, 6) is -0.479. The number of hydrogen-bond donors (Lipinski definition) is 0. The molecule has 6 heteroatoms. The van der Waals surface area contributed by atoms with Crippen LogP contribution in [0.1, 0.15) is 29.7 Å². The Labute approximate surface area is 212 Å². The van der Waals surface area contributed by atoms with Gasteiger partial charge < -0.3 is 4.74 Å². The quantitative estimate of drug-likeness (QED) is 0.370. The summed E-state index contributed by atoms with van der Waals surface area (Å²) < 4.78 is 7.63. The Balaban J connectivity index is 1.74. The van der Waals surface area contributed by atoms with E-state index in [0.29, 0.717) is 20.6 Å². The van der Waals surface area contributed by atoms with Gasteiger partial charge in [-0.25, -0.2) is 9.79 Å². The van der Waals surface area contributed by atoms with Crippen molar-refractivity contribution < 1.29 is 9.53 Å². The van der Waals surface area contributed by atoms with Crippen molar-refractivity contribution in [1.82, 2.24) is 4.57 Å². The summed E-state index contributed by atoms with van der Waals surface area (Å²) in [6.07, 6.45) is 5.62. The van der Waals surface area contributed by atoms with Gasteiger partial charge in [0.1, 0.15) is 0 Å². The highest BCUT2D eigenvalue weighted by Gasteiger charge is 2.34. The zero-order chi connectivity index (χ0) is 24.9. The summed E-state index contributed by atoms with van der Waals surface area (Å²) in [6, 6.07) is 28.3. The number of carbonyl (C=O) groups is 1. The van der Waals surface area contributed by atoms with Gasteiger partial charge in [0.2, 0.25) is 0 Å². The molecule has 2 heterocycles. The highest BCUT2D eigenvalue weighted by Crippen LogP contribution is 2.34. The summed E-state index contributed by atoms with van der Waals surface area (Å²) in [6.45, 7) is 1.99. The van der Waals surface area contributed by atoms with Gasteiger partial charge in [-0.05, 0) is 24.1 Å². The second-order valence-electron chi connectivity index (χ2n) is 8.13. The number of fused-ring (bicyclic) bond motifs is 1. The lowest BCUT2D eigenvalue weighted by Crippen LogP contribution is -2.39. The standard InChI is InChI=1S/C30H24N2O3S/c1-2-35-29(34)25-26(22-16-8-4-9-17-22)31-30-32(27(25)23-18-10-5-11-19-23)28(33)24(36-30)20-12-15-21-13-6-3-7-14-21/h3-20,27H,2H2,1H3/b15-12+,24-20+/t27-/m0/s1. The van der Waals surface area contributed by atoms with Crippen molar-refractivity contribution >= 4 is 35.2 Å². The first-order valence-electron chi connectivity index (χ1n) is 11.7. The third-order valence-corrected chi connectivity index (χ3v) is 6.83. The summed E-state index contributed by atoms with van der Waals surface area (Å²) in [4.78, 5) is 32.4. The molecule has 0 saturated carbocycles. The minimum atomic E-state index is -0.656. The second-order valence-corrected chi connectivity index (χ2v) is 9.14. The third kappa shape index (κ3) is 4.63. The SMILES string of the molecule is CCOC(=O)C1=C(c2ccccc2)N=c2s/c(=C/C=C/c3ccccc3)c(=O)n2[C@H]1c1ccccc1. The van der Waals surface area contributed by atoms with E-state index in [1.54, 1.807) is 17.6 Å². The van der Waals surface area contributed by atoms with E-state index < -0.39 is 12.0 Å². The molecule has 4 aromatic rings.